The van der Waals surface area contributed by atoms with Crippen LogP contribution >= 0.6 is 11.8 Å². The van der Waals surface area contributed by atoms with Gasteiger partial charge in [-0.2, -0.15) is 13.2 Å². The minimum absolute atomic E-state index is 0.127. The molecule has 0 saturated heterocycles. The maximum absolute atomic E-state index is 11.8. The normalized spacial score (nSPS) is 15.7. The summed E-state index contributed by atoms with van der Waals surface area (Å²) in [6, 6.07) is 0. The largest absolute Gasteiger partial charge is 0.405 e. The van der Waals surface area contributed by atoms with Gasteiger partial charge in [-0.1, -0.05) is 11.8 Å². The van der Waals surface area contributed by atoms with Crippen molar-refractivity contribution in [2.45, 2.75) is 30.1 Å². The molecule has 1 aliphatic carbocycles. The zero-order valence-electron chi connectivity index (χ0n) is 9.25. The molecule has 1 fully saturated rings. The molecule has 2 N–H and O–H groups in total. The highest BCUT2D eigenvalue weighted by Gasteiger charge is 2.28. The molecule has 0 radical (unpaired) electrons. The summed E-state index contributed by atoms with van der Waals surface area (Å²) in [5, 5.41) is 8.81. The van der Waals surface area contributed by atoms with Crippen molar-refractivity contribution in [3.8, 4) is 0 Å². The van der Waals surface area contributed by atoms with Gasteiger partial charge in [0.05, 0.1) is 5.75 Å². The van der Waals surface area contributed by atoms with Crippen LogP contribution in [0.4, 0.5) is 13.2 Å². The van der Waals surface area contributed by atoms with Crippen LogP contribution in [0.5, 0.6) is 0 Å². The number of nitrogens with zero attached hydrogens (tertiary/aromatic N) is 2. The number of aromatic nitrogens is 3. The van der Waals surface area contributed by atoms with E-state index in [1.54, 1.807) is 5.32 Å². The first-order valence-corrected chi connectivity index (χ1v) is 6.31. The molecule has 18 heavy (non-hydrogen) atoms. The Labute approximate surface area is 105 Å². The minimum atomic E-state index is -4.38. The van der Waals surface area contributed by atoms with E-state index >= 15 is 0 Å². The van der Waals surface area contributed by atoms with Gasteiger partial charge >= 0.3 is 6.18 Å². The molecular weight excluding hydrogens is 269 g/mol. The summed E-state index contributed by atoms with van der Waals surface area (Å²) in [5.41, 5.74) is 0. The third-order valence-corrected chi connectivity index (χ3v) is 3.11. The van der Waals surface area contributed by atoms with Crippen molar-refractivity contribution in [3.05, 3.63) is 5.82 Å². The average Bonchev–Trinajstić information content (AvgIpc) is 3.03. The Hall–Kier alpha value is -1.25. The fraction of sp³-hybridized carbons (Fsp3) is 0.667. The maximum atomic E-state index is 11.8. The Bertz CT molecular complexity index is 430. The first kappa shape index (κ1) is 13.2. The second-order valence-electron chi connectivity index (χ2n) is 3.96. The zero-order chi connectivity index (χ0) is 13.2. The van der Waals surface area contributed by atoms with Crippen LogP contribution in [0.1, 0.15) is 24.6 Å². The van der Waals surface area contributed by atoms with Crippen LogP contribution in [0.3, 0.4) is 0 Å². The summed E-state index contributed by atoms with van der Waals surface area (Å²) >= 11 is 1.01. The van der Waals surface area contributed by atoms with Crippen LogP contribution in [0, 0.1) is 0 Å². The lowest BCUT2D eigenvalue weighted by Gasteiger charge is -2.07. The van der Waals surface area contributed by atoms with E-state index < -0.39 is 18.6 Å². The lowest BCUT2D eigenvalue weighted by atomic mass is 10.4. The molecule has 5 nitrogen and oxygen atoms in total. The van der Waals surface area contributed by atoms with Gasteiger partial charge in [-0.15, -0.1) is 5.10 Å². The van der Waals surface area contributed by atoms with E-state index in [0.29, 0.717) is 11.1 Å². The third-order valence-electron chi connectivity index (χ3n) is 2.26. The SMILES string of the molecule is O=C(CSc1n[nH]c(C2CC2)n1)NCC(F)(F)F. The van der Waals surface area contributed by atoms with E-state index in [9.17, 15) is 18.0 Å². The van der Waals surface area contributed by atoms with Crippen molar-refractivity contribution in [1.29, 1.82) is 0 Å². The van der Waals surface area contributed by atoms with E-state index in [-0.39, 0.29) is 5.75 Å². The molecule has 1 aromatic rings. The lowest BCUT2D eigenvalue weighted by Crippen LogP contribution is -2.34. The summed E-state index contributed by atoms with van der Waals surface area (Å²) in [7, 11) is 0. The molecule has 0 atom stereocenters. The fourth-order valence-electron chi connectivity index (χ4n) is 1.24. The van der Waals surface area contributed by atoms with Gasteiger partial charge in [0, 0.05) is 5.92 Å². The molecule has 0 unspecified atom stereocenters. The number of aromatic amines is 1. The van der Waals surface area contributed by atoms with Crippen molar-refractivity contribution in [3.63, 3.8) is 0 Å². The Morgan fingerprint density at radius 1 is 1.50 bits per heavy atom. The summed E-state index contributed by atoms with van der Waals surface area (Å²) < 4.78 is 35.5. The standard InChI is InChI=1S/C9H11F3N4OS/c10-9(11,12)4-13-6(17)3-18-8-14-7(15-16-8)5-1-2-5/h5H,1-4H2,(H,13,17)(H,14,15,16). The summed E-state index contributed by atoms with van der Waals surface area (Å²) in [4.78, 5) is 15.3. The second kappa shape index (κ2) is 5.17. The Balaban J connectivity index is 1.71. The molecule has 1 saturated carbocycles. The smallest absolute Gasteiger partial charge is 0.346 e. The van der Waals surface area contributed by atoms with Crippen LogP contribution in [-0.4, -0.2) is 39.6 Å². The number of carbonyl (C=O) groups excluding carboxylic acids is 1. The average molecular weight is 280 g/mol. The number of halogens is 3. The predicted octanol–water partition coefficient (Wildman–Crippen LogP) is 1.45. The molecular formula is C9H11F3N4OS. The number of hydrogen-bond acceptors (Lipinski definition) is 4. The molecule has 2 rings (SSSR count). The molecule has 1 aromatic heterocycles. The van der Waals surface area contributed by atoms with Crippen LogP contribution in [0.25, 0.3) is 0 Å². The molecule has 0 aliphatic heterocycles. The monoisotopic (exact) mass is 280 g/mol. The maximum Gasteiger partial charge on any atom is 0.405 e. The predicted molar refractivity (Wildman–Crippen MR) is 58.1 cm³/mol. The summed E-state index contributed by atoms with van der Waals surface area (Å²) in [6.07, 6.45) is -2.24. The molecule has 0 aromatic carbocycles. The Kier molecular flexibility index (Phi) is 3.79. The number of rotatable bonds is 5. The number of H-pyrrole nitrogens is 1. The van der Waals surface area contributed by atoms with Gasteiger partial charge in [-0.05, 0) is 12.8 Å². The summed E-state index contributed by atoms with van der Waals surface area (Å²) in [5.74, 6) is 0.395. The van der Waals surface area contributed by atoms with Crippen LogP contribution in [0.15, 0.2) is 5.16 Å². The molecule has 1 aliphatic rings. The molecule has 1 heterocycles. The highest BCUT2D eigenvalue weighted by molar-refractivity contribution is 7.99. The van der Waals surface area contributed by atoms with E-state index in [4.69, 9.17) is 0 Å². The minimum Gasteiger partial charge on any atom is -0.346 e. The number of carbonyl (C=O) groups is 1. The van der Waals surface area contributed by atoms with Gasteiger partial charge in [-0.25, -0.2) is 4.98 Å². The lowest BCUT2D eigenvalue weighted by molar-refractivity contribution is -0.136. The van der Waals surface area contributed by atoms with Crippen molar-refractivity contribution in [2.24, 2.45) is 0 Å². The van der Waals surface area contributed by atoms with E-state index in [1.807, 2.05) is 0 Å². The van der Waals surface area contributed by atoms with E-state index in [1.165, 1.54) is 0 Å². The number of alkyl halides is 3. The first-order valence-electron chi connectivity index (χ1n) is 5.32. The van der Waals surface area contributed by atoms with Gasteiger partial charge < -0.3 is 5.32 Å². The van der Waals surface area contributed by atoms with Crippen LogP contribution in [-0.2, 0) is 4.79 Å². The number of nitrogens with one attached hydrogen (secondary N) is 2. The van der Waals surface area contributed by atoms with Gasteiger partial charge in [-0.3, -0.25) is 9.89 Å². The second-order valence-corrected chi connectivity index (χ2v) is 4.90. The molecule has 1 amide bonds. The number of hydrogen-bond donors (Lipinski definition) is 2. The zero-order valence-corrected chi connectivity index (χ0v) is 10.1. The van der Waals surface area contributed by atoms with Crippen molar-refractivity contribution >= 4 is 17.7 Å². The van der Waals surface area contributed by atoms with Gasteiger partial charge in [0.1, 0.15) is 12.4 Å². The molecule has 9 heteroatoms. The van der Waals surface area contributed by atoms with Crippen LogP contribution < -0.4 is 5.32 Å². The van der Waals surface area contributed by atoms with Gasteiger partial charge in [0.2, 0.25) is 11.1 Å². The Morgan fingerprint density at radius 3 is 2.83 bits per heavy atom. The number of amides is 1. The third kappa shape index (κ3) is 4.21. The molecule has 100 valence electrons. The van der Waals surface area contributed by atoms with Crippen LogP contribution in [0.2, 0.25) is 0 Å². The van der Waals surface area contributed by atoms with Crippen molar-refractivity contribution in [1.82, 2.24) is 20.5 Å². The van der Waals surface area contributed by atoms with E-state index in [0.717, 1.165) is 30.4 Å². The topological polar surface area (TPSA) is 70.7 Å². The fourth-order valence-corrected chi connectivity index (χ4v) is 1.88. The number of thioether (sulfide) groups is 1. The van der Waals surface area contributed by atoms with E-state index in [2.05, 4.69) is 15.2 Å². The van der Waals surface area contributed by atoms with Crippen molar-refractivity contribution in [2.75, 3.05) is 12.3 Å². The van der Waals surface area contributed by atoms with Gasteiger partial charge in [0.25, 0.3) is 0 Å². The quantitative estimate of drug-likeness (QED) is 0.801. The highest BCUT2D eigenvalue weighted by Crippen LogP contribution is 2.38. The van der Waals surface area contributed by atoms with Gasteiger partial charge in [0.15, 0.2) is 0 Å². The summed E-state index contributed by atoms with van der Waals surface area (Å²) in [6.45, 7) is -1.31. The molecule has 0 spiro atoms. The first-order chi connectivity index (χ1) is 8.44. The van der Waals surface area contributed by atoms with Crippen molar-refractivity contribution < 1.29 is 18.0 Å². The highest BCUT2D eigenvalue weighted by atomic mass is 32.2. The Morgan fingerprint density at radius 2 is 2.22 bits per heavy atom. The molecule has 0 bridgehead atoms.